The number of aryl methyl sites for hydroxylation is 2. The van der Waals surface area contributed by atoms with E-state index in [1.807, 2.05) is 32.0 Å². The molecule has 7 heteroatoms. The standard InChI is InChI=1S/C22H20N2O5/c1-14-6-8-19(15(2)10-14)28-13-21(25)24-23-12-18-7-9-20(29-18)16-4-3-5-17(11-16)22(26)27/h3-12H,13H2,1-2H3,(H,24,25)(H,26,27)/b23-12-. The highest BCUT2D eigenvalue weighted by Crippen LogP contribution is 2.22. The van der Waals surface area contributed by atoms with Gasteiger partial charge in [-0.25, -0.2) is 10.2 Å². The number of aromatic carboxylic acids is 1. The molecule has 0 aliphatic carbocycles. The first-order valence-electron chi connectivity index (χ1n) is 8.88. The van der Waals surface area contributed by atoms with Crippen LogP contribution in [0.4, 0.5) is 0 Å². The van der Waals surface area contributed by atoms with Gasteiger partial charge in [-0.1, -0.05) is 29.8 Å². The molecule has 3 aromatic rings. The molecular weight excluding hydrogens is 372 g/mol. The number of hydrazone groups is 1. The Bertz CT molecular complexity index is 1070. The first-order valence-corrected chi connectivity index (χ1v) is 8.88. The van der Waals surface area contributed by atoms with Crippen LogP contribution in [0.5, 0.6) is 5.75 Å². The van der Waals surface area contributed by atoms with Crippen molar-refractivity contribution in [3.63, 3.8) is 0 Å². The summed E-state index contributed by atoms with van der Waals surface area (Å²) in [6.45, 7) is 3.74. The number of carboxylic acid groups (broad SMARTS) is 1. The lowest BCUT2D eigenvalue weighted by Crippen LogP contribution is -2.24. The topological polar surface area (TPSA) is 101 Å². The van der Waals surface area contributed by atoms with Gasteiger partial charge in [0, 0.05) is 5.56 Å². The fourth-order valence-corrected chi connectivity index (χ4v) is 2.69. The number of benzene rings is 2. The molecule has 0 aliphatic heterocycles. The summed E-state index contributed by atoms with van der Waals surface area (Å²) in [6, 6.07) is 15.5. The van der Waals surface area contributed by atoms with Crippen molar-refractivity contribution < 1.29 is 23.8 Å². The number of furan rings is 1. The van der Waals surface area contributed by atoms with Crippen molar-refractivity contribution in [1.82, 2.24) is 5.43 Å². The summed E-state index contributed by atoms with van der Waals surface area (Å²) in [5.41, 5.74) is 5.26. The minimum absolute atomic E-state index is 0.160. The number of hydrogen-bond acceptors (Lipinski definition) is 5. The second kappa shape index (κ2) is 8.88. The van der Waals surface area contributed by atoms with E-state index in [1.165, 1.54) is 18.3 Å². The molecular formula is C22H20N2O5. The number of rotatable bonds is 7. The number of ether oxygens (including phenoxy) is 1. The van der Waals surface area contributed by atoms with Gasteiger partial charge in [-0.15, -0.1) is 0 Å². The van der Waals surface area contributed by atoms with Gasteiger partial charge in [0.2, 0.25) is 0 Å². The molecule has 1 aromatic heterocycles. The molecule has 0 radical (unpaired) electrons. The fraction of sp³-hybridized carbons (Fsp3) is 0.136. The Morgan fingerprint density at radius 2 is 1.97 bits per heavy atom. The first-order chi connectivity index (χ1) is 13.9. The van der Waals surface area contributed by atoms with Crippen molar-refractivity contribution in [3.05, 3.63) is 77.0 Å². The van der Waals surface area contributed by atoms with E-state index < -0.39 is 11.9 Å². The molecule has 0 saturated heterocycles. The monoisotopic (exact) mass is 392 g/mol. The molecule has 7 nitrogen and oxygen atoms in total. The van der Waals surface area contributed by atoms with Gasteiger partial charge < -0.3 is 14.3 Å². The van der Waals surface area contributed by atoms with Crippen molar-refractivity contribution in [1.29, 1.82) is 0 Å². The lowest BCUT2D eigenvalue weighted by Gasteiger charge is -2.08. The Morgan fingerprint density at radius 3 is 2.72 bits per heavy atom. The van der Waals surface area contributed by atoms with Crippen LogP contribution >= 0.6 is 0 Å². The van der Waals surface area contributed by atoms with E-state index in [2.05, 4.69) is 10.5 Å². The van der Waals surface area contributed by atoms with Crippen LogP contribution in [-0.2, 0) is 4.79 Å². The molecule has 0 aliphatic rings. The third kappa shape index (κ3) is 5.32. The lowest BCUT2D eigenvalue weighted by molar-refractivity contribution is -0.123. The SMILES string of the molecule is Cc1ccc(OCC(=O)N/N=C\c2ccc(-c3cccc(C(=O)O)c3)o2)c(C)c1. The van der Waals surface area contributed by atoms with Crippen LogP contribution in [0.15, 0.2) is 64.1 Å². The molecule has 2 N–H and O–H groups in total. The molecule has 148 valence electrons. The maximum atomic E-state index is 11.9. The zero-order chi connectivity index (χ0) is 20.8. The number of carboxylic acids is 1. The average molecular weight is 392 g/mol. The Kier molecular flexibility index (Phi) is 6.09. The number of hydrogen-bond donors (Lipinski definition) is 2. The molecule has 0 saturated carbocycles. The Hall–Kier alpha value is -3.87. The Morgan fingerprint density at radius 1 is 1.14 bits per heavy atom. The van der Waals surface area contributed by atoms with Gasteiger partial charge in [0.1, 0.15) is 17.3 Å². The third-order valence-electron chi connectivity index (χ3n) is 4.09. The van der Waals surface area contributed by atoms with Crippen LogP contribution in [-0.4, -0.2) is 29.8 Å². The van der Waals surface area contributed by atoms with E-state index in [0.717, 1.165) is 11.1 Å². The van der Waals surface area contributed by atoms with E-state index in [1.54, 1.807) is 24.3 Å². The lowest BCUT2D eigenvalue weighted by atomic mass is 10.1. The number of carbonyl (C=O) groups excluding carboxylic acids is 1. The highest BCUT2D eigenvalue weighted by molar-refractivity contribution is 5.89. The summed E-state index contributed by atoms with van der Waals surface area (Å²) in [5.74, 6) is 0.150. The van der Waals surface area contributed by atoms with E-state index in [0.29, 0.717) is 22.8 Å². The second-order valence-corrected chi connectivity index (χ2v) is 6.44. The number of nitrogens with one attached hydrogen (secondary N) is 1. The predicted molar refractivity (Wildman–Crippen MR) is 108 cm³/mol. The Balaban J connectivity index is 1.55. The smallest absolute Gasteiger partial charge is 0.335 e. The first kappa shape index (κ1) is 19.9. The van der Waals surface area contributed by atoms with Gasteiger partial charge in [0.25, 0.3) is 5.91 Å². The number of amides is 1. The van der Waals surface area contributed by atoms with E-state index in [4.69, 9.17) is 14.3 Å². The average Bonchev–Trinajstić information content (AvgIpc) is 3.16. The van der Waals surface area contributed by atoms with Gasteiger partial charge >= 0.3 is 5.97 Å². The number of carbonyl (C=O) groups is 2. The summed E-state index contributed by atoms with van der Waals surface area (Å²) in [5, 5.41) is 12.9. The molecule has 0 unspecified atom stereocenters. The van der Waals surface area contributed by atoms with E-state index in [-0.39, 0.29) is 12.2 Å². The minimum atomic E-state index is -1.01. The van der Waals surface area contributed by atoms with Crippen LogP contribution in [0.1, 0.15) is 27.2 Å². The van der Waals surface area contributed by atoms with E-state index in [9.17, 15) is 9.59 Å². The van der Waals surface area contributed by atoms with Crippen molar-refractivity contribution in [2.24, 2.45) is 5.10 Å². The van der Waals surface area contributed by atoms with Crippen molar-refractivity contribution in [2.75, 3.05) is 6.61 Å². The fourth-order valence-electron chi connectivity index (χ4n) is 2.69. The maximum absolute atomic E-state index is 11.9. The third-order valence-corrected chi connectivity index (χ3v) is 4.09. The molecule has 2 aromatic carbocycles. The summed E-state index contributed by atoms with van der Waals surface area (Å²) in [4.78, 5) is 22.9. The molecule has 0 bridgehead atoms. The van der Waals surface area contributed by atoms with Crippen LogP contribution in [0.25, 0.3) is 11.3 Å². The molecule has 0 spiro atoms. The summed E-state index contributed by atoms with van der Waals surface area (Å²) < 4.78 is 11.1. The van der Waals surface area contributed by atoms with Gasteiger partial charge in [0.15, 0.2) is 6.61 Å². The minimum Gasteiger partial charge on any atom is -0.483 e. The maximum Gasteiger partial charge on any atom is 0.335 e. The summed E-state index contributed by atoms with van der Waals surface area (Å²) in [6.07, 6.45) is 1.36. The zero-order valence-electron chi connectivity index (χ0n) is 16.0. The van der Waals surface area contributed by atoms with Gasteiger partial charge in [-0.3, -0.25) is 4.79 Å². The van der Waals surface area contributed by atoms with Crippen molar-refractivity contribution in [2.45, 2.75) is 13.8 Å². The highest BCUT2D eigenvalue weighted by Gasteiger charge is 2.08. The van der Waals surface area contributed by atoms with Gasteiger partial charge in [-0.05, 0) is 49.7 Å². The van der Waals surface area contributed by atoms with Crippen molar-refractivity contribution in [3.8, 4) is 17.1 Å². The van der Waals surface area contributed by atoms with Crippen LogP contribution in [0.3, 0.4) is 0 Å². The predicted octanol–water partition coefficient (Wildman–Crippen LogP) is 3.79. The summed E-state index contributed by atoms with van der Waals surface area (Å²) in [7, 11) is 0. The second-order valence-electron chi connectivity index (χ2n) is 6.44. The van der Waals surface area contributed by atoms with Gasteiger partial charge in [-0.2, -0.15) is 5.10 Å². The zero-order valence-corrected chi connectivity index (χ0v) is 16.0. The van der Waals surface area contributed by atoms with E-state index >= 15 is 0 Å². The molecule has 0 fully saturated rings. The quantitative estimate of drug-likeness (QED) is 0.471. The molecule has 1 amide bonds. The van der Waals surface area contributed by atoms with Crippen LogP contribution in [0.2, 0.25) is 0 Å². The Labute approximate surface area is 167 Å². The van der Waals surface area contributed by atoms with Crippen LogP contribution in [0, 0.1) is 13.8 Å². The molecule has 0 atom stereocenters. The molecule has 29 heavy (non-hydrogen) atoms. The van der Waals surface area contributed by atoms with Gasteiger partial charge in [0.05, 0.1) is 11.8 Å². The largest absolute Gasteiger partial charge is 0.483 e. The van der Waals surface area contributed by atoms with Crippen LogP contribution < -0.4 is 10.2 Å². The normalized spacial score (nSPS) is 10.8. The molecule has 1 heterocycles. The highest BCUT2D eigenvalue weighted by atomic mass is 16.5. The number of nitrogens with zero attached hydrogens (tertiary/aromatic N) is 1. The molecule has 3 rings (SSSR count). The van der Waals surface area contributed by atoms with Crippen molar-refractivity contribution >= 4 is 18.1 Å². The summed E-state index contributed by atoms with van der Waals surface area (Å²) >= 11 is 0.